The summed E-state index contributed by atoms with van der Waals surface area (Å²) in [6.45, 7) is 2.22. The molecule has 0 fully saturated rings. The van der Waals surface area contributed by atoms with Gasteiger partial charge in [-0.2, -0.15) is 0 Å². The third kappa shape index (κ3) is 6.09. The third-order valence-electron chi connectivity index (χ3n) is 4.91. The van der Waals surface area contributed by atoms with Crippen molar-refractivity contribution in [2.75, 3.05) is 25.1 Å². The summed E-state index contributed by atoms with van der Waals surface area (Å²) in [7, 11) is 1.64. The Morgan fingerprint density at radius 3 is 2.45 bits per heavy atom. The van der Waals surface area contributed by atoms with Crippen LogP contribution in [0, 0.1) is 6.92 Å². The van der Waals surface area contributed by atoms with Crippen LogP contribution in [0.25, 0.3) is 0 Å². The van der Waals surface area contributed by atoms with Crippen molar-refractivity contribution in [3.63, 3.8) is 0 Å². The number of nitrogens with zero attached hydrogens (tertiary/aromatic N) is 1. The monoisotopic (exact) mass is 436 g/mol. The van der Waals surface area contributed by atoms with Crippen LogP contribution in [0.2, 0.25) is 5.02 Å². The minimum absolute atomic E-state index is 0.150. The molecule has 0 saturated carbocycles. The normalized spacial score (nSPS) is 10.4. The molecule has 0 aromatic heterocycles. The number of amides is 2. The van der Waals surface area contributed by atoms with Crippen molar-refractivity contribution in [2.45, 2.75) is 13.3 Å². The Balaban J connectivity index is 1.62. The second-order valence-electron chi connectivity index (χ2n) is 7.16. The lowest BCUT2D eigenvalue weighted by Crippen LogP contribution is -2.34. The van der Waals surface area contributed by atoms with Crippen LogP contribution < -0.4 is 15.0 Å². The standard InChI is InChI=1S/C25H25ClN2O3/c1-18-16-20(26)12-13-23(18)31-17-24(29)28(2)22-11-7-6-10-21(22)25(30)27-15-14-19-8-4-3-5-9-19/h3-13,16H,14-15,17H2,1-2H3,(H,27,30). The van der Waals surface area contributed by atoms with Gasteiger partial charge in [0.25, 0.3) is 11.8 Å². The SMILES string of the molecule is Cc1cc(Cl)ccc1OCC(=O)N(C)c1ccccc1C(=O)NCCc1ccccc1. The van der Waals surface area contributed by atoms with Gasteiger partial charge in [-0.25, -0.2) is 0 Å². The third-order valence-corrected chi connectivity index (χ3v) is 5.15. The topological polar surface area (TPSA) is 58.6 Å². The van der Waals surface area contributed by atoms with Gasteiger partial charge in [-0.05, 0) is 54.8 Å². The molecule has 0 aliphatic rings. The zero-order valence-electron chi connectivity index (χ0n) is 17.6. The van der Waals surface area contributed by atoms with E-state index >= 15 is 0 Å². The summed E-state index contributed by atoms with van der Waals surface area (Å²) in [6.07, 6.45) is 0.734. The van der Waals surface area contributed by atoms with Crippen molar-refractivity contribution in [1.29, 1.82) is 0 Å². The summed E-state index contributed by atoms with van der Waals surface area (Å²) in [5, 5.41) is 3.54. The molecule has 3 rings (SSSR count). The number of nitrogens with one attached hydrogen (secondary N) is 1. The van der Waals surface area contributed by atoms with Gasteiger partial charge in [-0.3, -0.25) is 9.59 Å². The number of hydrogen-bond donors (Lipinski definition) is 1. The van der Waals surface area contributed by atoms with E-state index in [-0.39, 0.29) is 18.4 Å². The molecular weight excluding hydrogens is 412 g/mol. The molecule has 0 spiro atoms. The highest BCUT2D eigenvalue weighted by molar-refractivity contribution is 6.30. The van der Waals surface area contributed by atoms with E-state index in [1.54, 1.807) is 49.5 Å². The molecule has 160 valence electrons. The molecular formula is C25H25ClN2O3. The number of carbonyl (C=O) groups is 2. The number of hydrogen-bond acceptors (Lipinski definition) is 3. The first-order valence-corrected chi connectivity index (χ1v) is 10.4. The van der Waals surface area contributed by atoms with E-state index in [9.17, 15) is 9.59 Å². The van der Waals surface area contributed by atoms with Gasteiger partial charge < -0.3 is 15.0 Å². The number of aryl methyl sites for hydroxylation is 1. The first-order valence-electron chi connectivity index (χ1n) is 10.0. The number of para-hydroxylation sites is 1. The number of benzene rings is 3. The lowest BCUT2D eigenvalue weighted by Gasteiger charge is -2.21. The second-order valence-corrected chi connectivity index (χ2v) is 7.60. The molecule has 0 aliphatic carbocycles. The van der Waals surface area contributed by atoms with E-state index < -0.39 is 0 Å². The van der Waals surface area contributed by atoms with Crippen LogP contribution in [0.5, 0.6) is 5.75 Å². The van der Waals surface area contributed by atoms with Crippen LogP contribution in [0.4, 0.5) is 5.69 Å². The summed E-state index contributed by atoms with van der Waals surface area (Å²) in [4.78, 5) is 26.9. The van der Waals surface area contributed by atoms with Gasteiger partial charge in [-0.1, -0.05) is 54.1 Å². The van der Waals surface area contributed by atoms with Crippen molar-refractivity contribution in [2.24, 2.45) is 0 Å². The Hall–Kier alpha value is -3.31. The van der Waals surface area contributed by atoms with Crippen molar-refractivity contribution in [1.82, 2.24) is 5.32 Å². The fourth-order valence-corrected chi connectivity index (χ4v) is 3.39. The molecule has 5 nitrogen and oxygen atoms in total. The van der Waals surface area contributed by atoms with E-state index in [0.29, 0.717) is 28.6 Å². The summed E-state index contributed by atoms with van der Waals surface area (Å²) < 4.78 is 5.66. The number of carbonyl (C=O) groups excluding carboxylic acids is 2. The largest absolute Gasteiger partial charge is 0.483 e. The summed E-state index contributed by atoms with van der Waals surface area (Å²) in [5.41, 5.74) is 2.97. The molecule has 0 saturated heterocycles. The number of anilines is 1. The maximum Gasteiger partial charge on any atom is 0.264 e. The zero-order valence-corrected chi connectivity index (χ0v) is 18.4. The zero-order chi connectivity index (χ0) is 22.2. The summed E-state index contributed by atoms with van der Waals surface area (Å²) in [6, 6.07) is 22.2. The average molecular weight is 437 g/mol. The molecule has 0 radical (unpaired) electrons. The predicted octanol–water partition coefficient (Wildman–Crippen LogP) is 4.66. The average Bonchev–Trinajstić information content (AvgIpc) is 2.78. The molecule has 31 heavy (non-hydrogen) atoms. The van der Waals surface area contributed by atoms with Gasteiger partial charge in [0.05, 0.1) is 11.3 Å². The van der Waals surface area contributed by atoms with Gasteiger partial charge in [0.15, 0.2) is 6.61 Å². The Morgan fingerprint density at radius 1 is 1.00 bits per heavy atom. The van der Waals surface area contributed by atoms with E-state index in [2.05, 4.69) is 5.32 Å². The maximum absolute atomic E-state index is 12.7. The van der Waals surface area contributed by atoms with Gasteiger partial charge in [-0.15, -0.1) is 0 Å². The smallest absolute Gasteiger partial charge is 0.264 e. The second kappa shape index (κ2) is 10.6. The van der Waals surface area contributed by atoms with Crippen LogP contribution in [0.3, 0.4) is 0 Å². The molecule has 2 amide bonds. The first-order chi connectivity index (χ1) is 15.0. The van der Waals surface area contributed by atoms with Crippen molar-refractivity contribution < 1.29 is 14.3 Å². The van der Waals surface area contributed by atoms with Crippen LogP contribution in [0.15, 0.2) is 72.8 Å². The maximum atomic E-state index is 12.7. The molecule has 0 aliphatic heterocycles. The van der Waals surface area contributed by atoms with Gasteiger partial charge in [0.1, 0.15) is 5.75 Å². The van der Waals surface area contributed by atoms with Gasteiger partial charge >= 0.3 is 0 Å². The Labute approximate surface area is 187 Å². The lowest BCUT2D eigenvalue weighted by atomic mass is 10.1. The van der Waals surface area contributed by atoms with Gasteiger partial charge in [0.2, 0.25) is 0 Å². The van der Waals surface area contributed by atoms with Crippen molar-refractivity contribution in [3.8, 4) is 5.75 Å². The number of ether oxygens (including phenoxy) is 1. The van der Waals surface area contributed by atoms with E-state index in [4.69, 9.17) is 16.3 Å². The minimum atomic E-state index is -0.265. The van der Waals surface area contributed by atoms with Crippen LogP contribution >= 0.6 is 11.6 Å². The van der Waals surface area contributed by atoms with Crippen molar-refractivity contribution in [3.05, 3.63) is 94.5 Å². The molecule has 3 aromatic rings. The lowest BCUT2D eigenvalue weighted by molar-refractivity contribution is -0.120. The summed E-state index contributed by atoms with van der Waals surface area (Å²) in [5.74, 6) is 0.109. The number of halogens is 1. The summed E-state index contributed by atoms with van der Waals surface area (Å²) >= 11 is 5.96. The fraction of sp³-hybridized carbons (Fsp3) is 0.200. The fourth-order valence-electron chi connectivity index (χ4n) is 3.16. The van der Waals surface area contributed by atoms with E-state index in [0.717, 1.165) is 17.5 Å². The highest BCUT2D eigenvalue weighted by atomic mass is 35.5. The Bertz CT molecular complexity index is 1050. The Morgan fingerprint density at radius 2 is 1.71 bits per heavy atom. The number of rotatable bonds is 8. The molecule has 0 atom stereocenters. The molecule has 6 heteroatoms. The first kappa shape index (κ1) is 22.4. The highest BCUT2D eigenvalue weighted by Crippen LogP contribution is 2.23. The van der Waals surface area contributed by atoms with Crippen molar-refractivity contribution >= 4 is 29.1 Å². The molecule has 3 aromatic carbocycles. The molecule has 1 N–H and O–H groups in total. The predicted molar refractivity (Wildman–Crippen MR) is 124 cm³/mol. The van der Waals surface area contributed by atoms with Gasteiger partial charge in [0, 0.05) is 18.6 Å². The quantitative estimate of drug-likeness (QED) is 0.558. The van der Waals surface area contributed by atoms with Crippen LogP contribution in [-0.4, -0.2) is 32.0 Å². The molecule has 0 heterocycles. The van der Waals surface area contributed by atoms with E-state index in [1.807, 2.05) is 37.3 Å². The number of likely N-dealkylation sites (N-methyl/N-ethyl adjacent to an activating group) is 1. The molecule has 0 bridgehead atoms. The van der Waals surface area contributed by atoms with E-state index in [1.165, 1.54) is 4.90 Å². The molecule has 0 unspecified atom stereocenters. The Kier molecular flexibility index (Phi) is 7.68. The minimum Gasteiger partial charge on any atom is -0.483 e. The van der Waals surface area contributed by atoms with Crippen LogP contribution in [0.1, 0.15) is 21.5 Å². The highest BCUT2D eigenvalue weighted by Gasteiger charge is 2.19. The van der Waals surface area contributed by atoms with Crippen LogP contribution in [-0.2, 0) is 11.2 Å².